The summed E-state index contributed by atoms with van der Waals surface area (Å²) in [5, 5.41) is 4.04. The van der Waals surface area contributed by atoms with E-state index in [2.05, 4.69) is 10.3 Å². The molecule has 1 N–H and O–H groups in total. The van der Waals surface area contributed by atoms with Gasteiger partial charge < -0.3 is 5.32 Å². The first-order chi connectivity index (χ1) is 7.16. The summed E-state index contributed by atoms with van der Waals surface area (Å²) in [7, 11) is 0. The Morgan fingerprint density at radius 3 is 2.60 bits per heavy atom. The Bertz CT molecular complexity index is 367. The predicted molar refractivity (Wildman–Crippen MR) is 61.3 cm³/mol. The summed E-state index contributed by atoms with van der Waals surface area (Å²) < 4.78 is 0. The fraction of sp³-hybridized carbons (Fsp3) is 0.636. The minimum absolute atomic E-state index is 0.0602. The number of thiazole rings is 1. The van der Waals surface area contributed by atoms with E-state index >= 15 is 0 Å². The zero-order valence-corrected chi connectivity index (χ0v) is 9.99. The van der Waals surface area contributed by atoms with Gasteiger partial charge in [-0.15, -0.1) is 11.3 Å². The summed E-state index contributed by atoms with van der Waals surface area (Å²) in [6.45, 7) is 3.83. The molecule has 2 rings (SSSR count). The van der Waals surface area contributed by atoms with Gasteiger partial charge in [0.05, 0.1) is 10.7 Å². The van der Waals surface area contributed by atoms with Crippen molar-refractivity contribution in [3.05, 3.63) is 15.6 Å². The summed E-state index contributed by atoms with van der Waals surface area (Å²) in [4.78, 5) is 16.9. The molecule has 0 aliphatic heterocycles. The van der Waals surface area contributed by atoms with Crippen LogP contribution in [0.3, 0.4) is 0 Å². The standard InChI is InChI=1S/C11H16N2OS/c1-7-10(15-8(2)12-7)11(14)13-9-5-3-4-6-9/h9H,3-6H2,1-2H3,(H,13,14). The zero-order valence-electron chi connectivity index (χ0n) is 9.17. The lowest BCUT2D eigenvalue weighted by Gasteiger charge is -2.10. The molecular formula is C11H16N2OS. The molecule has 4 heteroatoms. The van der Waals surface area contributed by atoms with Crippen LogP contribution in [-0.4, -0.2) is 16.9 Å². The van der Waals surface area contributed by atoms with Crippen molar-refractivity contribution in [1.82, 2.24) is 10.3 Å². The third-order valence-electron chi connectivity index (χ3n) is 2.80. The van der Waals surface area contributed by atoms with Crippen LogP contribution < -0.4 is 5.32 Å². The summed E-state index contributed by atoms with van der Waals surface area (Å²) in [6.07, 6.45) is 4.74. The molecule has 1 saturated carbocycles. The first-order valence-corrected chi connectivity index (χ1v) is 6.23. The van der Waals surface area contributed by atoms with Gasteiger partial charge in [0.25, 0.3) is 5.91 Å². The largest absolute Gasteiger partial charge is 0.349 e. The quantitative estimate of drug-likeness (QED) is 0.838. The summed E-state index contributed by atoms with van der Waals surface area (Å²) in [5.74, 6) is 0.0602. The highest BCUT2D eigenvalue weighted by atomic mass is 32.1. The van der Waals surface area contributed by atoms with Crippen molar-refractivity contribution in [2.75, 3.05) is 0 Å². The Labute approximate surface area is 93.9 Å². The molecule has 15 heavy (non-hydrogen) atoms. The van der Waals surface area contributed by atoms with Gasteiger partial charge in [-0.3, -0.25) is 4.79 Å². The van der Waals surface area contributed by atoms with Gasteiger partial charge in [-0.1, -0.05) is 12.8 Å². The van der Waals surface area contributed by atoms with Crippen molar-refractivity contribution in [3.8, 4) is 0 Å². The highest BCUT2D eigenvalue weighted by molar-refractivity contribution is 7.13. The molecule has 1 aliphatic rings. The molecule has 1 aromatic rings. The van der Waals surface area contributed by atoms with Crippen LogP contribution in [0.25, 0.3) is 0 Å². The third kappa shape index (κ3) is 2.37. The first kappa shape index (κ1) is 10.6. The van der Waals surface area contributed by atoms with Crippen LogP contribution in [0.15, 0.2) is 0 Å². The van der Waals surface area contributed by atoms with Crippen LogP contribution >= 0.6 is 11.3 Å². The highest BCUT2D eigenvalue weighted by Gasteiger charge is 2.20. The Morgan fingerprint density at radius 2 is 2.07 bits per heavy atom. The van der Waals surface area contributed by atoms with Crippen molar-refractivity contribution in [3.63, 3.8) is 0 Å². The maximum atomic E-state index is 11.9. The molecular weight excluding hydrogens is 208 g/mol. The minimum atomic E-state index is 0.0602. The molecule has 1 amide bonds. The van der Waals surface area contributed by atoms with Gasteiger partial charge in [0, 0.05) is 6.04 Å². The average molecular weight is 224 g/mol. The SMILES string of the molecule is Cc1nc(C)c(C(=O)NC2CCCC2)s1. The maximum Gasteiger partial charge on any atom is 0.263 e. The molecule has 0 bridgehead atoms. The number of nitrogens with one attached hydrogen (secondary N) is 1. The Hall–Kier alpha value is -0.900. The van der Waals surface area contributed by atoms with Gasteiger partial charge in [-0.05, 0) is 26.7 Å². The van der Waals surface area contributed by atoms with E-state index < -0.39 is 0 Å². The van der Waals surface area contributed by atoms with E-state index in [0.717, 1.165) is 28.4 Å². The van der Waals surface area contributed by atoms with Gasteiger partial charge in [-0.2, -0.15) is 0 Å². The van der Waals surface area contributed by atoms with E-state index in [4.69, 9.17) is 0 Å². The Morgan fingerprint density at radius 1 is 1.40 bits per heavy atom. The lowest BCUT2D eigenvalue weighted by molar-refractivity contribution is 0.0941. The second-order valence-corrected chi connectivity index (χ2v) is 5.31. The van der Waals surface area contributed by atoms with Crippen LogP contribution in [-0.2, 0) is 0 Å². The van der Waals surface area contributed by atoms with Crippen LogP contribution in [0, 0.1) is 13.8 Å². The normalized spacial score (nSPS) is 16.9. The summed E-state index contributed by atoms with van der Waals surface area (Å²) in [5.41, 5.74) is 0.855. The number of aromatic nitrogens is 1. The zero-order chi connectivity index (χ0) is 10.8. The molecule has 82 valence electrons. The number of hydrogen-bond acceptors (Lipinski definition) is 3. The molecule has 1 aliphatic carbocycles. The van der Waals surface area contributed by atoms with Gasteiger partial charge >= 0.3 is 0 Å². The molecule has 0 saturated heterocycles. The number of nitrogens with zero attached hydrogens (tertiary/aromatic N) is 1. The van der Waals surface area contributed by atoms with Crippen molar-refractivity contribution < 1.29 is 4.79 Å². The molecule has 0 unspecified atom stereocenters. The summed E-state index contributed by atoms with van der Waals surface area (Å²) >= 11 is 1.48. The molecule has 0 atom stereocenters. The second kappa shape index (κ2) is 4.31. The van der Waals surface area contributed by atoms with E-state index in [1.54, 1.807) is 0 Å². The van der Waals surface area contributed by atoms with Crippen molar-refractivity contribution in [2.24, 2.45) is 0 Å². The topological polar surface area (TPSA) is 42.0 Å². The summed E-state index contributed by atoms with van der Waals surface area (Å²) in [6, 6.07) is 0.388. The smallest absolute Gasteiger partial charge is 0.263 e. The minimum Gasteiger partial charge on any atom is -0.349 e. The molecule has 1 heterocycles. The first-order valence-electron chi connectivity index (χ1n) is 5.41. The lowest BCUT2D eigenvalue weighted by Crippen LogP contribution is -2.32. The molecule has 0 spiro atoms. The van der Waals surface area contributed by atoms with Gasteiger partial charge in [0.2, 0.25) is 0 Å². The molecule has 1 aromatic heterocycles. The molecule has 0 aromatic carbocycles. The van der Waals surface area contributed by atoms with Crippen molar-refractivity contribution in [1.29, 1.82) is 0 Å². The van der Waals surface area contributed by atoms with Crippen LogP contribution in [0.5, 0.6) is 0 Å². The number of amides is 1. The number of rotatable bonds is 2. The van der Waals surface area contributed by atoms with E-state index in [-0.39, 0.29) is 5.91 Å². The Balaban J connectivity index is 2.03. The van der Waals surface area contributed by atoms with Crippen molar-refractivity contribution in [2.45, 2.75) is 45.6 Å². The molecule has 1 fully saturated rings. The number of carbonyl (C=O) groups excluding carboxylic acids is 1. The fourth-order valence-electron chi connectivity index (χ4n) is 2.06. The second-order valence-electron chi connectivity index (χ2n) is 4.10. The van der Waals surface area contributed by atoms with E-state index in [0.29, 0.717) is 6.04 Å². The number of aryl methyl sites for hydroxylation is 2. The number of carbonyl (C=O) groups is 1. The molecule has 0 radical (unpaired) electrons. The lowest BCUT2D eigenvalue weighted by atomic mass is 10.2. The maximum absolute atomic E-state index is 11.9. The molecule has 3 nitrogen and oxygen atoms in total. The van der Waals surface area contributed by atoms with Crippen LogP contribution in [0.2, 0.25) is 0 Å². The van der Waals surface area contributed by atoms with Gasteiger partial charge in [0.15, 0.2) is 0 Å². The average Bonchev–Trinajstić information content (AvgIpc) is 2.75. The van der Waals surface area contributed by atoms with Gasteiger partial charge in [-0.25, -0.2) is 4.98 Å². The van der Waals surface area contributed by atoms with E-state index in [9.17, 15) is 4.79 Å². The predicted octanol–water partition coefficient (Wildman–Crippen LogP) is 2.43. The highest BCUT2D eigenvalue weighted by Crippen LogP contribution is 2.21. The van der Waals surface area contributed by atoms with Crippen LogP contribution in [0.4, 0.5) is 0 Å². The van der Waals surface area contributed by atoms with Crippen LogP contribution in [0.1, 0.15) is 46.1 Å². The van der Waals surface area contributed by atoms with E-state index in [1.807, 2.05) is 13.8 Å². The third-order valence-corrected chi connectivity index (χ3v) is 3.87. The number of hydrogen-bond donors (Lipinski definition) is 1. The van der Waals surface area contributed by atoms with Gasteiger partial charge in [0.1, 0.15) is 4.88 Å². The fourth-order valence-corrected chi connectivity index (χ4v) is 2.89. The monoisotopic (exact) mass is 224 g/mol. The Kier molecular flexibility index (Phi) is 3.05. The van der Waals surface area contributed by atoms with E-state index in [1.165, 1.54) is 24.2 Å². The van der Waals surface area contributed by atoms with Crippen molar-refractivity contribution >= 4 is 17.2 Å².